The third kappa shape index (κ3) is 5.61. The maximum atomic E-state index is 11.3. The van der Waals surface area contributed by atoms with Crippen molar-refractivity contribution in [2.45, 2.75) is 25.9 Å². The minimum atomic E-state index is -0.760. The van der Waals surface area contributed by atoms with E-state index in [1.807, 2.05) is 6.92 Å². The zero-order valence-corrected chi connectivity index (χ0v) is 11.4. The van der Waals surface area contributed by atoms with E-state index in [9.17, 15) is 9.90 Å². The van der Waals surface area contributed by atoms with E-state index in [0.29, 0.717) is 6.61 Å². The Bertz CT molecular complexity index is 378. The summed E-state index contributed by atoms with van der Waals surface area (Å²) < 4.78 is 9.95. The third-order valence-electron chi connectivity index (χ3n) is 2.67. The maximum Gasteiger partial charge on any atom is 0.407 e. The summed E-state index contributed by atoms with van der Waals surface area (Å²) in [5, 5.41) is 12.4. The SMILES string of the molecule is CCCCOC(=O)NCC(O)c1ccc(OC)cc1. The van der Waals surface area contributed by atoms with Crippen LogP contribution in [0.2, 0.25) is 0 Å². The molecule has 106 valence electrons. The Morgan fingerprint density at radius 3 is 2.63 bits per heavy atom. The zero-order chi connectivity index (χ0) is 14.1. The van der Waals surface area contributed by atoms with Crippen LogP contribution in [0, 0.1) is 0 Å². The highest BCUT2D eigenvalue weighted by atomic mass is 16.5. The van der Waals surface area contributed by atoms with Gasteiger partial charge < -0.3 is 19.9 Å². The van der Waals surface area contributed by atoms with Crippen LogP contribution >= 0.6 is 0 Å². The van der Waals surface area contributed by atoms with Crippen LogP contribution in [0.5, 0.6) is 5.75 Å². The lowest BCUT2D eigenvalue weighted by molar-refractivity contribution is 0.130. The molecular weight excluding hydrogens is 246 g/mol. The summed E-state index contributed by atoms with van der Waals surface area (Å²) in [6.45, 7) is 2.55. The Balaban J connectivity index is 2.33. The second-order valence-electron chi connectivity index (χ2n) is 4.16. The molecule has 1 amide bonds. The lowest BCUT2D eigenvalue weighted by Crippen LogP contribution is -2.29. The monoisotopic (exact) mass is 267 g/mol. The van der Waals surface area contributed by atoms with Crippen molar-refractivity contribution in [1.82, 2.24) is 5.32 Å². The fourth-order valence-corrected chi connectivity index (χ4v) is 1.48. The summed E-state index contributed by atoms with van der Waals surface area (Å²) in [7, 11) is 1.58. The van der Waals surface area contributed by atoms with Gasteiger partial charge in [0.1, 0.15) is 5.75 Å². The van der Waals surface area contributed by atoms with Crippen LogP contribution in [0.15, 0.2) is 24.3 Å². The summed E-state index contributed by atoms with van der Waals surface area (Å²) in [5.74, 6) is 0.725. The first-order chi connectivity index (χ1) is 9.17. The second-order valence-corrected chi connectivity index (χ2v) is 4.16. The number of alkyl carbamates (subject to hydrolysis) is 1. The van der Waals surface area contributed by atoms with E-state index in [1.54, 1.807) is 31.4 Å². The van der Waals surface area contributed by atoms with Gasteiger partial charge in [0.15, 0.2) is 0 Å². The van der Waals surface area contributed by atoms with Crippen molar-refractivity contribution in [3.8, 4) is 5.75 Å². The quantitative estimate of drug-likeness (QED) is 0.744. The van der Waals surface area contributed by atoms with Crippen LogP contribution in [-0.4, -0.2) is 31.5 Å². The molecule has 5 nitrogen and oxygen atoms in total. The zero-order valence-electron chi connectivity index (χ0n) is 11.4. The van der Waals surface area contributed by atoms with Crippen LogP contribution in [0.1, 0.15) is 31.4 Å². The van der Waals surface area contributed by atoms with Gasteiger partial charge >= 0.3 is 6.09 Å². The Labute approximate surface area is 113 Å². The Hall–Kier alpha value is -1.75. The third-order valence-corrected chi connectivity index (χ3v) is 2.67. The van der Waals surface area contributed by atoms with Gasteiger partial charge in [0, 0.05) is 0 Å². The van der Waals surface area contributed by atoms with E-state index < -0.39 is 12.2 Å². The van der Waals surface area contributed by atoms with E-state index in [0.717, 1.165) is 24.2 Å². The number of carbonyl (C=O) groups excluding carboxylic acids is 1. The molecule has 2 N–H and O–H groups in total. The highest BCUT2D eigenvalue weighted by Crippen LogP contribution is 2.16. The Kier molecular flexibility index (Phi) is 6.74. The lowest BCUT2D eigenvalue weighted by atomic mass is 10.1. The highest BCUT2D eigenvalue weighted by molar-refractivity contribution is 5.67. The smallest absolute Gasteiger partial charge is 0.407 e. The normalized spacial score (nSPS) is 11.7. The molecule has 0 spiro atoms. The largest absolute Gasteiger partial charge is 0.497 e. The average molecular weight is 267 g/mol. The van der Waals surface area contributed by atoms with E-state index >= 15 is 0 Å². The minimum absolute atomic E-state index is 0.122. The number of unbranched alkanes of at least 4 members (excludes halogenated alkanes) is 1. The molecule has 1 unspecified atom stereocenters. The number of methoxy groups -OCH3 is 1. The first-order valence-electron chi connectivity index (χ1n) is 6.40. The first kappa shape index (κ1) is 15.3. The fourth-order valence-electron chi connectivity index (χ4n) is 1.48. The fraction of sp³-hybridized carbons (Fsp3) is 0.500. The number of ether oxygens (including phenoxy) is 2. The molecule has 0 aliphatic heterocycles. The number of carbonyl (C=O) groups is 1. The number of aliphatic hydroxyl groups excluding tert-OH is 1. The van der Waals surface area contributed by atoms with Gasteiger partial charge in [0.05, 0.1) is 26.4 Å². The van der Waals surface area contributed by atoms with Gasteiger partial charge in [-0.2, -0.15) is 0 Å². The molecule has 0 heterocycles. The molecule has 0 saturated heterocycles. The van der Waals surface area contributed by atoms with Crippen molar-refractivity contribution in [1.29, 1.82) is 0 Å². The van der Waals surface area contributed by atoms with Gasteiger partial charge in [-0.05, 0) is 24.1 Å². The number of amides is 1. The molecule has 0 fully saturated rings. The minimum Gasteiger partial charge on any atom is -0.497 e. The van der Waals surface area contributed by atoms with Gasteiger partial charge in [-0.15, -0.1) is 0 Å². The van der Waals surface area contributed by atoms with Crippen molar-refractivity contribution in [2.75, 3.05) is 20.3 Å². The van der Waals surface area contributed by atoms with Crippen molar-refractivity contribution in [2.24, 2.45) is 0 Å². The molecule has 0 bridgehead atoms. The number of nitrogens with one attached hydrogen (secondary N) is 1. The number of hydrogen-bond acceptors (Lipinski definition) is 4. The number of aliphatic hydroxyl groups is 1. The number of benzene rings is 1. The molecule has 0 aliphatic rings. The van der Waals surface area contributed by atoms with E-state index in [4.69, 9.17) is 9.47 Å². The lowest BCUT2D eigenvalue weighted by Gasteiger charge is -2.12. The highest BCUT2D eigenvalue weighted by Gasteiger charge is 2.10. The van der Waals surface area contributed by atoms with Gasteiger partial charge in [0.25, 0.3) is 0 Å². The summed E-state index contributed by atoms with van der Waals surface area (Å²) in [5.41, 5.74) is 0.717. The van der Waals surface area contributed by atoms with Crippen molar-refractivity contribution in [3.05, 3.63) is 29.8 Å². The number of hydrogen-bond donors (Lipinski definition) is 2. The van der Waals surface area contributed by atoms with Gasteiger partial charge in [-0.1, -0.05) is 25.5 Å². The first-order valence-corrected chi connectivity index (χ1v) is 6.40. The van der Waals surface area contributed by atoms with Gasteiger partial charge in [-0.3, -0.25) is 0 Å². The molecule has 1 atom stereocenters. The van der Waals surface area contributed by atoms with E-state index in [2.05, 4.69) is 5.32 Å². The maximum absolute atomic E-state index is 11.3. The second kappa shape index (κ2) is 8.37. The molecule has 0 radical (unpaired) electrons. The van der Waals surface area contributed by atoms with Gasteiger partial charge in [-0.25, -0.2) is 4.79 Å². The van der Waals surface area contributed by atoms with Gasteiger partial charge in [0.2, 0.25) is 0 Å². The Morgan fingerprint density at radius 2 is 2.05 bits per heavy atom. The summed E-state index contributed by atoms with van der Waals surface area (Å²) in [4.78, 5) is 11.3. The number of rotatable bonds is 7. The molecule has 19 heavy (non-hydrogen) atoms. The summed E-state index contributed by atoms with van der Waals surface area (Å²) >= 11 is 0. The standard InChI is InChI=1S/C14H21NO4/c1-3-4-9-19-14(17)15-10-13(16)11-5-7-12(18-2)8-6-11/h5-8,13,16H,3-4,9-10H2,1-2H3,(H,15,17). The van der Waals surface area contributed by atoms with Crippen molar-refractivity contribution >= 4 is 6.09 Å². The predicted octanol–water partition coefficient (Wildman–Crippen LogP) is 2.25. The average Bonchev–Trinajstić information content (AvgIpc) is 2.45. The predicted molar refractivity (Wildman–Crippen MR) is 72.2 cm³/mol. The van der Waals surface area contributed by atoms with Crippen LogP contribution in [0.4, 0.5) is 4.79 Å². The van der Waals surface area contributed by atoms with Crippen LogP contribution in [-0.2, 0) is 4.74 Å². The topological polar surface area (TPSA) is 67.8 Å². The molecule has 0 aromatic heterocycles. The molecule has 1 rings (SSSR count). The summed E-state index contributed by atoms with van der Waals surface area (Å²) in [6, 6.07) is 7.04. The molecule has 1 aromatic carbocycles. The molecule has 0 saturated carbocycles. The van der Waals surface area contributed by atoms with Crippen LogP contribution in [0.3, 0.4) is 0 Å². The van der Waals surface area contributed by atoms with E-state index in [1.165, 1.54) is 0 Å². The summed E-state index contributed by atoms with van der Waals surface area (Å²) in [6.07, 6.45) is 0.557. The molecule has 0 aliphatic carbocycles. The van der Waals surface area contributed by atoms with Crippen LogP contribution in [0.25, 0.3) is 0 Å². The van der Waals surface area contributed by atoms with Crippen molar-refractivity contribution < 1.29 is 19.4 Å². The van der Waals surface area contributed by atoms with Crippen molar-refractivity contribution in [3.63, 3.8) is 0 Å². The Morgan fingerprint density at radius 1 is 1.37 bits per heavy atom. The molecule has 1 aromatic rings. The van der Waals surface area contributed by atoms with E-state index in [-0.39, 0.29) is 6.54 Å². The molecule has 5 heteroatoms. The van der Waals surface area contributed by atoms with Crippen LogP contribution < -0.4 is 10.1 Å². The molecular formula is C14H21NO4.